The number of hydrogen-bond acceptors (Lipinski definition) is 3. The lowest BCUT2D eigenvalue weighted by molar-refractivity contribution is 0.0976. The number of furan rings is 1. The minimum absolute atomic E-state index is 0.183. The molecule has 0 aliphatic heterocycles. The van der Waals surface area contributed by atoms with Gasteiger partial charge in [0.1, 0.15) is 5.76 Å². The summed E-state index contributed by atoms with van der Waals surface area (Å²) in [4.78, 5) is 12.0. The van der Waals surface area contributed by atoms with Gasteiger partial charge < -0.3 is 9.73 Å². The number of benzene rings is 1. The summed E-state index contributed by atoms with van der Waals surface area (Å²) >= 11 is 16.8. The zero-order valence-electron chi connectivity index (χ0n) is 10.2. The molecular weight excluding hydrogens is 319 g/mol. The fourth-order valence-corrected chi connectivity index (χ4v) is 2.01. The first-order chi connectivity index (χ1) is 9.56. The molecule has 2 aromatic rings. The largest absolute Gasteiger partial charge is 0.467 e. The highest BCUT2D eigenvalue weighted by molar-refractivity contribution is 7.80. The number of nitrogens with one attached hydrogen (secondary N) is 2. The molecule has 1 amide bonds. The molecule has 1 aromatic heterocycles. The molecule has 20 heavy (non-hydrogen) atoms. The third kappa shape index (κ3) is 3.96. The smallest absolute Gasteiger partial charge is 0.258 e. The molecule has 1 heterocycles. The van der Waals surface area contributed by atoms with Crippen LogP contribution in [-0.2, 0) is 6.54 Å². The first-order valence-corrected chi connectivity index (χ1v) is 6.79. The highest BCUT2D eigenvalue weighted by Crippen LogP contribution is 2.20. The Morgan fingerprint density at radius 2 is 2.10 bits per heavy atom. The maximum Gasteiger partial charge on any atom is 0.258 e. The number of hydrogen-bond donors (Lipinski definition) is 2. The molecule has 2 N–H and O–H groups in total. The van der Waals surface area contributed by atoms with Crippen LogP contribution < -0.4 is 10.6 Å². The Hall–Kier alpha value is -1.56. The third-order valence-electron chi connectivity index (χ3n) is 2.40. The maximum atomic E-state index is 12.0. The summed E-state index contributed by atoms with van der Waals surface area (Å²) in [5.74, 6) is 0.289. The highest BCUT2D eigenvalue weighted by Gasteiger charge is 2.12. The average Bonchev–Trinajstić information content (AvgIpc) is 2.92. The van der Waals surface area contributed by atoms with E-state index in [0.29, 0.717) is 22.4 Å². The lowest BCUT2D eigenvalue weighted by atomic mass is 10.2. The van der Waals surface area contributed by atoms with E-state index < -0.39 is 5.91 Å². The van der Waals surface area contributed by atoms with E-state index in [-0.39, 0.29) is 10.7 Å². The van der Waals surface area contributed by atoms with Crippen LogP contribution in [0.25, 0.3) is 0 Å². The van der Waals surface area contributed by atoms with Crippen molar-refractivity contribution in [1.82, 2.24) is 10.6 Å². The topological polar surface area (TPSA) is 54.3 Å². The lowest BCUT2D eigenvalue weighted by Gasteiger charge is -2.09. The predicted molar refractivity (Wildman–Crippen MR) is 82.1 cm³/mol. The average molecular weight is 329 g/mol. The molecule has 0 atom stereocenters. The van der Waals surface area contributed by atoms with Gasteiger partial charge in [0, 0.05) is 5.02 Å². The van der Waals surface area contributed by atoms with Crippen molar-refractivity contribution in [3.05, 3.63) is 58.0 Å². The fourth-order valence-electron chi connectivity index (χ4n) is 1.47. The van der Waals surface area contributed by atoms with E-state index in [2.05, 4.69) is 10.6 Å². The number of carbonyl (C=O) groups excluding carboxylic acids is 1. The predicted octanol–water partition coefficient (Wildman–Crippen LogP) is 3.39. The van der Waals surface area contributed by atoms with Gasteiger partial charge in [-0.15, -0.1) is 0 Å². The van der Waals surface area contributed by atoms with Crippen LogP contribution in [0, 0.1) is 0 Å². The molecule has 2 rings (SSSR count). The van der Waals surface area contributed by atoms with Crippen molar-refractivity contribution in [2.24, 2.45) is 0 Å². The second-order valence-electron chi connectivity index (χ2n) is 3.84. The van der Waals surface area contributed by atoms with Crippen molar-refractivity contribution in [2.45, 2.75) is 6.54 Å². The Labute approximate surface area is 131 Å². The van der Waals surface area contributed by atoms with Gasteiger partial charge in [0.25, 0.3) is 5.91 Å². The Morgan fingerprint density at radius 3 is 2.80 bits per heavy atom. The van der Waals surface area contributed by atoms with E-state index in [1.807, 2.05) is 0 Å². The van der Waals surface area contributed by atoms with E-state index >= 15 is 0 Å². The van der Waals surface area contributed by atoms with Crippen molar-refractivity contribution in [3.8, 4) is 0 Å². The molecule has 0 aliphatic rings. The van der Waals surface area contributed by atoms with E-state index in [9.17, 15) is 4.79 Å². The molecule has 0 saturated heterocycles. The zero-order valence-corrected chi connectivity index (χ0v) is 12.5. The van der Waals surface area contributed by atoms with Crippen LogP contribution >= 0.6 is 35.4 Å². The summed E-state index contributed by atoms with van der Waals surface area (Å²) in [5, 5.41) is 6.29. The first-order valence-electron chi connectivity index (χ1n) is 5.63. The molecule has 0 unspecified atom stereocenters. The Bertz CT molecular complexity index is 629. The highest BCUT2D eigenvalue weighted by atomic mass is 35.5. The normalized spacial score (nSPS) is 10.1. The molecular formula is C13H10Cl2N2O2S. The molecule has 4 nitrogen and oxygen atoms in total. The zero-order chi connectivity index (χ0) is 14.5. The van der Waals surface area contributed by atoms with Crippen molar-refractivity contribution in [2.75, 3.05) is 0 Å². The monoisotopic (exact) mass is 328 g/mol. The minimum atomic E-state index is -0.422. The van der Waals surface area contributed by atoms with Crippen molar-refractivity contribution < 1.29 is 9.21 Å². The summed E-state index contributed by atoms with van der Waals surface area (Å²) in [7, 11) is 0. The van der Waals surface area contributed by atoms with Crippen molar-refractivity contribution in [1.29, 1.82) is 0 Å². The van der Waals surface area contributed by atoms with Crippen LogP contribution in [0.1, 0.15) is 16.1 Å². The number of halogens is 2. The summed E-state index contributed by atoms with van der Waals surface area (Å²) in [6, 6.07) is 8.20. The van der Waals surface area contributed by atoms with Gasteiger partial charge in [-0.25, -0.2) is 0 Å². The molecule has 1 aromatic carbocycles. The molecule has 0 fully saturated rings. The van der Waals surface area contributed by atoms with Crippen molar-refractivity contribution in [3.63, 3.8) is 0 Å². The van der Waals surface area contributed by atoms with E-state index in [4.69, 9.17) is 39.8 Å². The van der Waals surface area contributed by atoms with E-state index in [1.165, 1.54) is 6.07 Å². The van der Waals surface area contributed by atoms with Gasteiger partial charge in [0.15, 0.2) is 5.11 Å². The van der Waals surface area contributed by atoms with E-state index in [0.717, 1.165) is 0 Å². The Morgan fingerprint density at radius 1 is 1.30 bits per heavy atom. The molecule has 0 radical (unpaired) electrons. The SMILES string of the molecule is O=C(NC(=S)NCc1ccco1)c1cc(Cl)ccc1Cl. The molecule has 0 aliphatic carbocycles. The standard InChI is InChI=1S/C13H10Cl2N2O2S/c14-8-3-4-11(15)10(6-8)12(18)17-13(20)16-7-9-2-1-5-19-9/h1-6H,7H2,(H2,16,17,18,20). The molecule has 7 heteroatoms. The number of amides is 1. The first kappa shape index (κ1) is 14.8. The van der Waals surface area contributed by atoms with Crippen LogP contribution in [0.15, 0.2) is 41.0 Å². The van der Waals surface area contributed by atoms with Gasteiger partial charge >= 0.3 is 0 Å². The fraction of sp³-hybridized carbons (Fsp3) is 0.0769. The second kappa shape index (κ2) is 6.74. The number of carbonyl (C=O) groups is 1. The van der Waals surface area contributed by atoms with Gasteiger partial charge in [0.2, 0.25) is 0 Å². The van der Waals surface area contributed by atoms with Crippen molar-refractivity contribution >= 4 is 46.4 Å². The van der Waals surface area contributed by atoms with Crippen LogP contribution in [0.5, 0.6) is 0 Å². The molecule has 0 bridgehead atoms. The molecule has 0 spiro atoms. The van der Waals surface area contributed by atoms with Crippen LogP contribution in [0.2, 0.25) is 10.0 Å². The number of rotatable bonds is 3. The quantitative estimate of drug-likeness (QED) is 0.848. The maximum absolute atomic E-state index is 12.0. The van der Waals surface area contributed by atoms with Gasteiger partial charge in [0.05, 0.1) is 23.4 Å². The number of thiocarbonyl (C=S) groups is 1. The van der Waals surface area contributed by atoms with Gasteiger partial charge in [-0.1, -0.05) is 23.2 Å². The van der Waals surface area contributed by atoms with Crippen LogP contribution in [0.3, 0.4) is 0 Å². The summed E-state index contributed by atoms with van der Waals surface area (Å²) in [6.07, 6.45) is 1.56. The minimum Gasteiger partial charge on any atom is -0.467 e. The lowest BCUT2D eigenvalue weighted by Crippen LogP contribution is -2.38. The summed E-state index contributed by atoms with van der Waals surface area (Å²) < 4.78 is 5.13. The van der Waals surface area contributed by atoms with Gasteiger partial charge in [-0.2, -0.15) is 0 Å². The summed E-state index contributed by atoms with van der Waals surface area (Å²) in [6.45, 7) is 0.384. The molecule has 0 saturated carbocycles. The Balaban J connectivity index is 1.93. The molecule has 104 valence electrons. The Kier molecular flexibility index (Phi) is 5.00. The van der Waals surface area contributed by atoms with Crippen LogP contribution in [-0.4, -0.2) is 11.0 Å². The van der Waals surface area contributed by atoms with Gasteiger partial charge in [-0.05, 0) is 42.5 Å². The van der Waals surface area contributed by atoms with E-state index in [1.54, 1.807) is 30.5 Å². The van der Waals surface area contributed by atoms with Crippen LogP contribution in [0.4, 0.5) is 0 Å². The van der Waals surface area contributed by atoms with Gasteiger partial charge in [-0.3, -0.25) is 10.1 Å². The third-order valence-corrected chi connectivity index (χ3v) is 3.21. The second-order valence-corrected chi connectivity index (χ2v) is 5.09. The summed E-state index contributed by atoms with van der Waals surface area (Å²) in [5.41, 5.74) is 0.265.